The first-order chi connectivity index (χ1) is 9.65. The third-order valence-corrected chi connectivity index (χ3v) is 3.61. The molecule has 2 atom stereocenters. The molecule has 2 heterocycles. The van der Waals surface area contributed by atoms with Gasteiger partial charge in [0.25, 0.3) is 5.69 Å². The minimum atomic E-state index is -0.433. The molecule has 1 saturated heterocycles. The molecule has 0 saturated carbocycles. The van der Waals surface area contributed by atoms with Gasteiger partial charge >= 0.3 is 0 Å². The van der Waals surface area contributed by atoms with Gasteiger partial charge in [0.15, 0.2) is 0 Å². The summed E-state index contributed by atoms with van der Waals surface area (Å²) < 4.78 is 5.32. The maximum absolute atomic E-state index is 10.6. The molecular weight excluding hydrogens is 260 g/mol. The third kappa shape index (κ3) is 2.27. The number of nitrogens with one attached hydrogen (secondary N) is 1. The third-order valence-electron chi connectivity index (χ3n) is 3.61. The summed E-state index contributed by atoms with van der Waals surface area (Å²) in [6.07, 6.45) is 0. The highest BCUT2D eigenvalue weighted by Gasteiger charge is 2.29. The van der Waals surface area contributed by atoms with Crippen LogP contribution in [0.5, 0.6) is 0 Å². The van der Waals surface area contributed by atoms with Gasteiger partial charge in [-0.25, -0.2) is 0 Å². The number of nitrogens with zero attached hydrogens (tertiary/aromatic N) is 3. The van der Waals surface area contributed by atoms with Gasteiger partial charge in [-0.3, -0.25) is 10.1 Å². The van der Waals surface area contributed by atoms with E-state index in [1.807, 2.05) is 0 Å². The second kappa shape index (κ2) is 5.01. The maximum atomic E-state index is 10.6. The quantitative estimate of drug-likeness (QED) is 0.679. The zero-order valence-corrected chi connectivity index (χ0v) is 10.9. The van der Waals surface area contributed by atoms with Crippen LogP contribution >= 0.6 is 0 Å². The molecule has 2 unspecified atom stereocenters. The monoisotopic (exact) mass is 274 g/mol. The van der Waals surface area contributed by atoms with Crippen LogP contribution in [0.15, 0.2) is 28.8 Å². The van der Waals surface area contributed by atoms with Gasteiger partial charge in [0.1, 0.15) is 0 Å². The molecule has 2 aromatic rings. The van der Waals surface area contributed by atoms with Crippen molar-refractivity contribution in [1.29, 1.82) is 0 Å². The molecule has 0 spiro atoms. The van der Waals surface area contributed by atoms with Crippen molar-refractivity contribution < 1.29 is 9.45 Å². The molecular formula is C13H14N4O3. The summed E-state index contributed by atoms with van der Waals surface area (Å²) in [6, 6.07) is 6.13. The molecule has 0 bridgehead atoms. The maximum Gasteiger partial charge on any atom is 0.269 e. The molecule has 0 amide bonds. The SMILES string of the molecule is CC1CNCC1c1nc(-c2ccc([N+](=O)[O-])cc2)no1. The predicted molar refractivity (Wildman–Crippen MR) is 71.2 cm³/mol. The van der Waals surface area contributed by atoms with Crippen LogP contribution in [0.2, 0.25) is 0 Å². The first-order valence-electron chi connectivity index (χ1n) is 6.44. The van der Waals surface area contributed by atoms with E-state index >= 15 is 0 Å². The molecule has 1 N–H and O–H groups in total. The van der Waals surface area contributed by atoms with E-state index in [0.29, 0.717) is 23.2 Å². The van der Waals surface area contributed by atoms with Crippen molar-refractivity contribution in [3.63, 3.8) is 0 Å². The standard InChI is InChI=1S/C13H14N4O3/c1-8-6-14-7-11(8)13-15-12(16-20-13)9-2-4-10(5-3-9)17(18)19/h2-5,8,11,14H,6-7H2,1H3. The van der Waals surface area contributed by atoms with Crippen molar-refractivity contribution in [1.82, 2.24) is 15.5 Å². The Balaban J connectivity index is 1.84. The van der Waals surface area contributed by atoms with E-state index in [0.717, 1.165) is 13.1 Å². The fraction of sp³-hybridized carbons (Fsp3) is 0.385. The van der Waals surface area contributed by atoms with Crippen LogP contribution in [0.3, 0.4) is 0 Å². The summed E-state index contributed by atoms with van der Waals surface area (Å²) in [5.41, 5.74) is 0.760. The zero-order chi connectivity index (χ0) is 14.1. The molecule has 1 aromatic carbocycles. The number of aromatic nitrogens is 2. The summed E-state index contributed by atoms with van der Waals surface area (Å²) >= 11 is 0. The van der Waals surface area contributed by atoms with Crippen molar-refractivity contribution in [2.24, 2.45) is 5.92 Å². The largest absolute Gasteiger partial charge is 0.339 e. The van der Waals surface area contributed by atoms with Crippen molar-refractivity contribution in [2.75, 3.05) is 13.1 Å². The fourth-order valence-corrected chi connectivity index (χ4v) is 2.38. The van der Waals surface area contributed by atoms with Crippen molar-refractivity contribution in [2.45, 2.75) is 12.8 Å². The van der Waals surface area contributed by atoms with Gasteiger partial charge in [0.05, 0.1) is 10.8 Å². The Morgan fingerprint density at radius 2 is 2.10 bits per heavy atom. The molecule has 1 aliphatic heterocycles. The Hall–Kier alpha value is -2.28. The van der Waals surface area contributed by atoms with E-state index in [1.54, 1.807) is 12.1 Å². The first kappa shape index (κ1) is 12.7. The Kier molecular flexibility index (Phi) is 3.19. The molecule has 0 aliphatic carbocycles. The normalized spacial score (nSPS) is 22.1. The molecule has 3 rings (SSSR count). The van der Waals surface area contributed by atoms with E-state index in [9.17, 15) is 10.1 Å². The Morgan fingerprint density at radius 3 is 2.70 bits per heavy atom. The highest BCUT2D eigenvalue weighted by molar-refractivity contribution is 5.56. The molecule has 1 aliphatic rings. The highest BCUT2D eigenvalue weighted by atomic mass is 16.6. The van der Waals surface area contributed by atoms with Gasteiger partial charge in [-0.1, -0.05) is 12.1 Å². The Morgan fingerprint density at radius 1 is 1.35 bits per heavy atom. The number of rotatable bonds is 3. The summed E-state index contributed by atoms with van der Waals surface area (Å²) in [7, 11) is 0. The number of nitro benzene ring substituents is 1. The number of hydrogen-bond acceptors (Lipinski definition) is 6. The zero-order valence-electron chi connectivity index (χ0n) is 10.9. The second-order valence-corrected chi connectivity index (χ2v) is 5.00. The molecule has 1 aromatic heterocycles. The summed E-state index contributed by atoms with van der Waals surface area (Å²) in [5.74, 6) is 1.78. The van der Waals surface area contributed by atoms with Crippen LogP contribution in [0.1, 0.15) is 18.7 Å². The summed E-state index contributed by atoms with van der Waals surface area (Å²) in [4.78, 5) is 14.6. The fourth-order valence-electron chi connectivity index (χ4n) is 2.38. The topological polar surface area (TPSA) is 94.1 Å². The van der Waals surface area contributed by atoms with Crippen molar-refractivity contribution in [3.05, 3.63) is 40.3 Å². The molecule has 7 nitrogen and oxygen atoms in total. The molecule has 104 valence electrons. The number of benzene rings is 1. The lowest BCUT2D eigenvalue weighted by atomic mass is 9.98. The minimum Gasteiger partial charge on any atom is -0.339 e. The van der Waals surface area contributed by atoms with Gasteiger partial charge in [0, 0.05) is 24.2 Å². The summed E-state index contributed by atoms with van der Waals surface area (Å²) in [6.45, 7) is 3.92. The lowest BCUT2D eigenvalue weighted by molar-refractivity contribution is -0.384. The van der Waals surface area contributed by atoms with Crippen LogP contribution in [0.25, 0.3) is 11.4 Å². The second-order valence-electron chi connectivity index (χ2n) is 5.00. The van der Waals surface area contributed by atoms with Crippen molar-refractivity contribution in [3.8, 4) is 11.4 Å². The van der Waals surface area contributed by atoms with Gasteiger partial charge in [-0.2, -0.15) is 4.98 Å². The predicted octanol–water partition coefficient (Wildman–Crippen LogP) is 1.97. The number of hydrogen-bond donors (Lipinski definition) is 1. The van der Waals surface area contributed by atoms with Crippen LogP contribution in [-0.4, -0.2) is 28.2 Å². The minimum absolute atomic E-state index is 0.0473. The van der Waals surface area contributed by atoms with Gasteiger partial charge < -0.3 is 9.84 Å². The highest BCUT2D eigenvalue weighted by Crippen LogP contribution is 2.28. The van der Waals surface area contributed by atoms with Crippen LogP contribution in [0, 0.1) is 16.0 Å². The lowest BCUT2D eigenvalue weighted by Crippen LogP contribution is -2.08. The Labute approximate surface area is 115 Å². The first-order valence-corrected chi connectivity index (χ1v) is 6.44. The average Bonchev–Trinajstić information content (AvgIpc) is 3.07. The van der Waals surface area contributed by atoms with Crippen LogP contribution in [0.4, 0.5) is 5.69 Å². The molecule has 0 radical (unpaired) electrons. The average molecular weight is 274 g/mol. The number of nitro groups is 1. The van der Waals surface area contributed by atoms with E-state index < -0.39 is 4.92 Å². The molecule has 20 heavy (non-hydrogen) atoms. The van der Waals surface area contributed by atoms with E-state index in [4.69, 9.17) is 4.52 Å². The van der Waals surface area contributed by atoms with Gasteiger partial charge in [-0.15, -0.1) is 0 Å². The van der Waals surface area contributed by atoms with Gasteiger partial charge in [0.2, 0.25) is 11.7 Å². The van der Waals surface area contributed by atoms with E-state index in [2.05, 4.69) is 22.4 Å². The smallest absolute Gasteiger partial charge is 0.269 e. The van der Waals surface area contributed by atoms with E-state index in [1.165, 1.54) is 12.1 Å². The molecule has 1 fully saturated rings. The van der Waals surface area contributed by atoms with Crippen LogP contribution < -0.4 is 5.32 Å². The summed E-state index contributed by atoms with van der Waals surface area (Å²) in [5, 5.41) is 17.9. The van der Waals surface area contributed by atoms with E-state index in [-0.39, 0.29) is 11.6 Å². The van der Waals surface area contributed by atoms with Gasteiger partial charge in [-0.05, 0) is 24.6 Å². The van der Waals surface area contributed by atoms with Crippen LogP contribution in [-0.2, 0) is 0 Å². The lowest BCUT2D eigenvalue weighted by Gasteiger charge is -2.07. The van der Waals surface area contributed by atoms with Crippen molar-refractivity contribution >= 4 is 5.69 Å². The number of non-ortho nitro benzene ring substituents is 1. The Bertz CT molecular complexity index is 623. The molecule has 7 heteroatoms.